The van der Waals surface area contributed by atoms with Crippen LogP contribution in [0.4, 0.5) is 0 Å². The third-order valence-corrected chi connectivity index (χ3v) is 1.84. The fraction of sp³-hybridized carbons (Fsp3) is 0.818. The van der Waals surface area contributed by atoms with Crippen LogP contribution < -0.4 is 5.32 Å². The fourth-order valence-electron chi connectivity index (χ4n) is 1.52. The van der Waals surface area contributed by atoms with Gasteiger partial charge in [-0.05, 0) is 32.2 Å². The molecule has 0 aromatic rings. The molecular weight excluding hydrogens is 146 g/mol. The highest BCUT2D eigenvalue weighted by atomic mass is 14.9. The zero-order valence-electron chi connectivity index (χ0n) is 8.98. The van der Waals surface area contributed by atoms with Gasteiger partial charge in [-0.2, -0.15) is 0 Å². The summed E-state index contributed by atoms with van der Waals surface area (Å²) in [5.74, 6) is 0.772. The molecule has 0 amide bonds. The van der Waals surface area contributed by atoms with Crippen LogP contribution in [0, 0.1) is 5.92 Å². The molecule has 1 nitrogen and oxygen atoms in total. The smallest absolute Gasteiger partial charge is 0.0106 e. The van der Waals surface area contributed by atoms with Crippen LogP contribution in [0.15, 0.2) is 12.2 Å². The summed E-state index contributed by atoms with van der Waals surface area (Å²) in [6.45, 7) is 13.8. The van der Waals surface area contributed by atoms with Gasteiger partial charge in [0, 0.05) is 6.04 Å². The molecule has 1 heteroatoms. The van der Waals surface area contributed by atoms with Gasteiger partial charge in [-0.1, -0.05) is 26.3 Å². The second-order valence-corrected chi connectivity index (χ2v) is 4.05. The minimum absolute atomic E-state index is 0.632. The summed E-state index contributed by atoms with van der Waals surface area (Å²) in [7, 11) is 0. The lowest BCUT2D eigenvalue weighted by Crippen LogP contribution is -2.30. The lowest BCUT2D eigenvalue weighted by atomic mass is 9.98. The van der Waals surface area contributed by atoms with E-state index in [-0.39, 0.29) is 0 Å². The molecule has 0 heterocycles. The second-order valence-electron chi connectivity index (χ2n) is 4.05. The Bertz CT molecular complexity index is 127. The molecule has 0 bridgehead atoms. The van der Waals surface area contributed by atoms with Gasteiger partial charge in [-0.25, -0.2) is 0 Å². The Balaban J connectivity index is 3.77. The van der Waals surface area contributed by atoms with E-state index in [0.29, 0.717) is 6.04 Å². The van der Waals surface area contributed by atoms with Gasteiger partial charge < -0.3 is 5.32 Å². The third kappa shape index (κ3) is 6.41. The summed E-state index contributed by atoms with van der Waals surface area (Å²) in [6.07, 6.45) is 2.37. The highest BCUT2D eigenvalue weighted by Gasteiger charge is 2.08. The maximum absolute atomic E-state index is 3.94. The Morgan fingerprint density at radius 1 is 1.42 bits per heavy atom. The molecule has 1 N–H and O–H groups in total. The van der Waals surface area contributed by atoms with Crippen LogP contribution in [0.2, 0.25) is 0 Å². The average Bonchev–Trinajstić information content (AvgIpc) is 1.84. The summed E-state index contributed by atoms with van der Waals surface area (Å²) in [6, 6.07) is 0.632. The van der Waals surface area contributed by atoms with Crippen LogP contribution in [-0.2, 0) is 0 Å². The highest BCUT2D eigenvalue weighted by Crippen LogP contribution is 2.11. The molecule has 0 saturated carbocycles. The predicted molar refractivity (Wildman–Crippen MR) is 56.4 cm³/mol. The molecule has 0 aliphatic heterocycles. The molecule has 1 atom stereocenters. The quantitative estimate of drug-likeness (QED) is 0.603. The summed E-state index contributed by atoms with van der Waals surface area (Å²) in [5.41, 5.74) is 1.28. The Morgan fingerprint density at radius 3 is 2.33 bits per heavy atom. The van der Waals surface area contributed by atoms with Crippen LogP contribution in [0.25, 0.3) is 0 Å². The van der Waals surface area contributed by atoms with Crippen LogP contribution in [-0.4, -0.2) is 12.6 Å². The van der Waals surface area contributed by atoms with Crippen molar-refractivity contribution in [1.82, 2.24) is 5.32 Å². The molecule has 0 spiro atoms. The van der Waals surface area contributed by atoms with Crippen LogP contribution in [0.1, 0.15) is 40.5 Å². The first-order valence-electron chi connectivity index (χ1n) is 4.94. The molecule has 0 fully saturated rings. The molecule has 1 unspecified atom stereocenters. The predicted octanol–water partition coefficient (Wildman–Crippen LogP) is 2.98. The van der Waals surface area contributed by atoms with Gasteiger partial charge in [0.15, 0.2) is 0 Å². The summed E-state index contributed by atoms with van der Waals surface area (Å²) in [5, 5.41) is 3.48. The Kier molecular flexibility index (Phi) is 6.09. The number of hydrogen-bond donors (Lipinski definition) is 1. The van der Waals surface area contributed by atoms with Crippen LogP contribution in [0.3, 0.4) is 0 Å². The zero-order valence-corrected chi connectivity index (χ0v) is 8.98. The standard InChI is InChI=1S/C11H23N/c1-6-12-11(7-9(2)3)8-10(4)5/h10-12H,2,6-8H2,1,3-5H3. The van der Waals surface area contributed by atoms with Crippen molar-refractivity contribution in [3.05, 3.63) is 12.2 Å². The van der Waals surface area contributed by atoms with E-state index in [1.165, 1.54) is 12.0 Å². The largest absolute Gasteiger partial charge is 0.314 e. The topological polar surface area (TPSA) is 12.0 Å². The van der Waals surface area contributed by atoms with E-state index >= 15 is 0 Å². The van der Waals surface area contributed by atoms with E-state index in [2.05, 4.69) is 39.6 Å². The maximum atomic E-state index is 3.94. The minimum atomic E-state index is 0.632. The molecule has 12 heavy (non-hydrogen) atoms. The molecule has 0 saturated heterocycles. The van der Waals surface area contributed by atoms with Crippen LogP contribution >= 0.6 is 0 Å². The van der Waals surface area contributed by atoms with Crippen molar-refractivity contribution in [2.75, 3.05) is 6.54 Å². The van der Waals surface area contributed by atoms with Crippen molar-refractivity contribution in [1.29, 1.82) is 0 Å². The van der Waals surface area contributed by atoms with Crippen molar-refractivity contribution in [3.8, 4) is 0 Å². The first-order chi connectivity index (χ1) is 5.56. The minimum Gasteiger partial charge on any atom is -0.314 e. The van der Waals surface area contributed by atoms with Gasteiger partial charge in [-0.3, -0.25) is 0 Å². The Morgan fingerprint density at radius 2 is 2.00 bits per heavy atom. The molecule has 0 rings (SSSR count). The lowest BCUT2D eigenvalue weighted by molar-refractivity contribution is 0.423. The number of rotatable bonds is 6. The van der Waals surface area contributed by atoms with E-state index in [1.54, 1.807) is 0 Å². The van der Waals surface area contributed by atoms with Crippen molar-refractivity contribution in [2.45, 2.75) is 46.6 Å². The highest BCUT2D eigenvalue weighted by molar-refractivity contribution is 4.92. The fourth-order valence-corrected chi connectivity index (χ4v) is 1.52. The molecule has 72 valence electrons. The van der Waals surface area contributed by atoms with Crippen molar-refractivity contribution < 1.29 is 0 Å². The zero-order chi connectivity index (χ0) is 9.56. The van der Waals surface area contributed by atoms with Crippen molar-refractivity contribution >= 4 is 0 Å². The maximum Gasteiger partial charge on any atom is 0.0106 e. The monoisotopic (exact) mass is 169 g/mol. The normalized spacial score (nSPS) is 13.4. The SMILES string of the molecule is C=C(C)CC(CC(C)C)NCC. The summed E-state index contributed by atoms with van der Waals surface area (Å²) >= 11 is 0. The molecule has 0 aromatic carbocycles. The van der Waals surface area contributed by atoms with Gasteiger partial charge in [0.1, 0.15) is 0 Å². The van der Waals surface area contributed by atoms with E-state index in [0.717, 1.165) is 18.9 Å². The first kappa shape index (κ1) is 11.7. The van der Waals surface area contributed by atoms with Gasteiger partial charge in [0.25, 0.3) is 0 Å². The van der Waals surface area contributed by atoms with E-state index in [9.17, 15) is 0 Å². The summed E-state index contributed by atoms with van der Waals surface area (Å²) < 4.78 is 0. The lowest BCUT2D eigenvalue weighted by Gasteiger charge is -2.19. The van der Waals surface area contributed by atoms with Gasteiger partial charge in [0.05, 0.1) is 0 Å². The van der Waals surface area contributed by atoms with Crippen molar-refractivity contribution in [3.63, 3.8) is 0 Å². The molecule has 0 aromatic heterocycles. The summed E-state index contributed by atoms with van der Waals surface area (Å²) in [4.78, 5) is 0. The van der Waals surface area contributed by atoms with E-state index in [4.69, 9.17) is 0 Å². The molecular formula is C11H23N. The van der Waals surface area contributed by atoms with E-state index < -0.39 is 0 Å². The second kappa shape index (κ2) is 6.24. The van der Waals surface area contributed by atoms with Gasteiger partial charge in [-0.15, -0.1) is 6.58 Å². The third-order valence-electron chi connectivity index (χ3n) is 1.84. The first-order valence-corrected chi connectivity index (χ1v) is 4.94. The van der Waals surface area contributed by atoms with Crippen LogP contribution in [0.5, 0.6) is 0 Å². The Hall–Kier alpha value is -0.300. The number of hydrogen-bond acceptors (Lipinski definition) is 1. The molecule has 0 aliphatic rings. The van der Waals surface area contributed by atoms with Gasteiger partial charge >= 0.3 is 0 Å². The number of nitrogens with one attached hydrogen (secondary N) is 1. The average molecular weight is 169 g/mol. The molecule has 0 aliphatic carbocycles. The Labute approximate surface area is 77.2 Å². The van der Waals surface area contributed by atoms with Gasteiger partial charge in [0.2, 0.25) is 0 Å². The van der Waals surface area contributed by atoms with Crippen molar-refractivity contribution in [2.24, 2.45) is 5.92 Å². The van der Waals surface area contributed by atoms with E-state index in [1.807, 2.05) is 0 Å². The molecule has 0 radical (unpaired) electrons.